The summed E-state index contributed by atoms with van der Waals surface area (Å²) in [5.41, 5.74) is 0.498. The van der Waals surface area contributed by atoms with E-state index < -0.39 is 0 Å². The molecule has 0 amide bonds. The van der Waals surface area contributed by atoms with E-state index in [2.05, 4.69) is 4.98 Å². The van der Waals surface area contributed by atoms with Crippen LogP contribution in [0.15, 0.2) is 54.7 Å². The molecule has 0 fully saturated rings. The lowest BCUT2D eigenvalue weighted by Crippen LogP contribution is -1.89. The molecule has 96 valence electrons. The molecule has 0 aliphatic carbocycles. The molecule has 0 aliphatic rings. The maximum atomic E-state index is 8.74. The quantitative estimate of drug-likeness (QED) is 0.691. The van der Waals surface area contributed by atoms with Gasteiger partial charge in [-0.2, -0.15) is 5.26 Å². The second-order valence-corrected chi connectivity index (χ2v) is 4.60. The zero-order valence-corrected chi connectivity index (χ0v) is 11.1. The lowest BCUT2D eigenvalue weighted by Gasteiger charge is -2.09. The van der Waals surface area contributed by atoms with E-state index in [1.165, 1.54) is 6.20 Å². The van der Waals surface area contributed by atoms with Crippen molar-refractivity contribution in [2.75, 3.05) is 0 Å². The summed E-state index contributed by atoms with van der Waals surface area (Å²) >= 11 is 6.16. The maximum Gasteiger partial charge on any atom is 0.219 e. The van der Waals surface area contributed by atoms with E-state index in [1.54, 1.807) is 18.2 Å². The van der Waals surface area contributed by atoms with Crippen molar-refractivity contribution in [3.05, 3.63) is 65.3 Å². The van der Waals surface area contributed by atoms with Gasteiger partial charge in [0.25, 0.3) is 0 Å². The van der Waals surface area contributed by atoms with Crippen LogP contribution in [-0.2, 0) is 0 Å². The molecule has 2 aromatic carbocycles. The number of rotatable bonds is 2. The zero-order chi connectivity index (χ0) is 13.9. The molecule has 4 heteroatoms. The fourth-order valence-corrected chi connectivity index (χ4v) is 2.17. The first-order valence-electron chi connectivity index (χ1n) is 5.99. The highest BCUT2D eigenvalue weighted by Crippen LogP contribution is 2.33. The maximum absolute atomic E-state index is 8.74. The summed E-state index contributed by atoms with van der Waals surface area (Å²) in [4.78, 5) is 4.10. The number of halogens is 1. The van der Waals surface area contributed by atoms with Crippen molar-refractivity contribution < 1.29 is 4.74 Å². The van der Waals surface area contributed by atoms with Crippen LogP contribution in [0.4, 0.5) is 0 Å². The average Bonchev–Trinajstić information content (AvgIpc) is 2.51. The summed E-state index contributed by atoms with van der Waals surface area (Å²) in [6, 6.07) is 16.7. The fraction of sp³-hybridized carbons (Fsp3) is 0. The molecule has 0 aliphatic heterocycles. The number of aromatic nitrogens is 1. The summed E-state index contributed by atoms with van der Waals surface area (Å²) < 4.78 is 5.77. The second kappa shape index (κ2) is 5.20. The summed E-state index contributed by atoms with van der Waals surface area (Å²) in [6.45, 7) is 0. The van der Waals surface area contributed by atoms with Crippen molar-refractivity contribution in [2.24, 2.45) is 0 Å². The van der Waals surface area contributed by atoms with E-state index in [4.69, 9.17) is 21.6 Å². The first kappa shape index (κ1) is 12.5. The van der Waals surface area contributed by atoms with E-state index in [1.807, 2.05) is 36.4 Å². The van der Waals surface area contributed by atoms with Crippen LogP contribution in [0.3, 0.4) is 0 Å². The Hall–Kier alpha value is -2.57. The molecule has 1 heterocycles. The van der Waals surface area contributed by atoms with Gasteiger partial charge in [0.05, 0.1) is 5.56 Å². The van der Waals surface area contributed by atoms with Gasteiger partial charge < -0.3 is 4.74 Å². The van der Waals surface area contributed by atoms with Crippen molar-refractivity contribution in [3.63, 3.8) is 0 Å². The Balaban J connectivity index is 2.02. The number of hydrogen-bond donors (Lipinski definition) is 0. The van der Waals surface area contributed by atoms with Crippen LogP contribution >= 0.6 is 11.6 Å². The Morgan fingerprint density at radius 1 is 1.00 bits per heavy atom. The Kier molecular flexibility index (Phi) is 3.24. The van der Waals surface area contributed by atoms with E-state index in [0.717, 1.165) is 10.8 Å². The molecule has 0 saturated carbocycles. The van der Waals surface area contributed by atoms with Gasteiger partial charge in [-0.05, 0) is 18.2 Å². The number of pyridine rings is 1. The highest BCUT2D eigenvalue weighted by Gasteiger charge is 2.07. The third-order valence-corrected chi connectivity index (χ3v) is 3.24. The van der Waals surface area contributed by atoms with E-state index in [-0.39, 0.29) is 0 Å². The second-order valence-electron chi connectivity index (χ2n) is 4.19. The van der Waals surface area contributed by atoms with Gasteiger partial charge in [-0.1, -0.05) is 35.9 Å². The Bertz CT molecular complexity index is 807. The molecular weight excluding hydrogens is 272 g/mol. The minimum Gasteiger partial charge on any atom is -0.438 e. The van der Waals surface area contributed by atoms with Gasteiger partial charge in [0.1, 0.15) is 11.8 Å². The van der Waals surface area contributed by atoms with Gasteiger partial charge in [0, 0.05) is 28.1 Å². The number of fused-ring (bicyclic) bond motifs is 1. The first-order valence-corrected chi connectivity index (χ1v) is 6.37. The summed E-state index contributed by atoms with van der Waals surface area (Å²) in [5, 5.41) is 11.3. The van der Waals surface area contributed by atoms with E-state index >= 15 is 0 Å². The van der Waals surface area contributed by atoms with Crippen molar-refractivity contribution >= 4 is 22.4 Å². The van der Waals surface area contributed by atoms with Gasteiger partial charge in [0.2, 0.25) is 5.88 Å². The van der Waals surface area contributed by atoms with Gasteiger partial charge in [-0.25, -0.2) is 4.98 Å². The topological polar surface area (TPSA) is 45.9 Å². The number of nitriles is 1. The van der Waals surface area contributed by atoms with Crippen LogP contribution in [0.5, 0.6) is 11.6 Å². The number of benzene rings is 2. The van der Waals surface area contributed by atoms with Crippen LogP contribution in [0, 0.1) is 11.3 Å². The molecule has 0 saturated heterocycles. The SMILES string of the molecule is N#Cc1ccc(Oc2ccc(Cl)c3ccccc23)nc1. The van der Waals surface area contributed by atoms with E-state index in [9.17, 15) is 0 Å². The van der Waals surface area contributed by atoms with Crippen LogP contribution in [0.1, 0.15) is 5.56 Å². The molecule has 0 bridgehead atoms. The van der Waals surface area contributed by atoms with Crippen molar-refractivity contribution in [2.45, 2.75) is 0 Å². The largest absolute Gasteiger partial charge is 0.438 e. The predicted octanol–water partition coefficient (Wildman–Crippen LogP) is 4.55. The summed E-state index contributed by atoms with van der Waals surface area (Å²) in [5.74, 6) is 1.12. The molecule has 3 aromatic rings. The average molecular weight is 281 g/mol. The van der Waals surface area contributed by atoms with Crippen molar-refractivity contribution in [1.29, 1.82) is 5.26 Å². The zero-order valence-electron chi connectivity index (χ0n) is 10.4. The fourth-order valence-electron chi connectivity index (χ4n) is 1.94. The van der Waals surface area contributed by atoms with Gasteiger partial charge in [-0.15, -0.1) is 0 Å². The molecule has 0 atom stereocenters. The third-order valence-electron chi connectivity index (χ3n) is 2.91. The Morgan fingerprint density at radius 3 is 2.50 bits per heavy atom. The monoisotopic (exact) mass is 280 g/mol. The summed E-state index contributed by atoms with van der Waals surface area (Å²) in [7, 11) is 0. The molecule has 0 radical (unpaired) electrons. The van der Waals surface area contributed by atoms with Gasteiger partial charge in [-0.3, -0.25) is 0 Å². The van der Waals surface area contributed by atoms with Crippen LogP contribution < -0.4 is 4.74 Å². The molecule has 0 unspecified atom stereocenters. The van der Waals surface area contributed by atoms with E-state index in [0.29, 0.717) is 22.2 Å². The lowest BCUT2D eigenvalue weighted by atomic mass is 10.1. The molecule has 1 aromatic heterocycles. The molecular formula is C16H9ClN2O. The molecule has 0 N–H and O–H groups in total. The van der Waals surface area contributed by atoms with Gasteiger partial charge >= 0.3 is 0 Å². The molecule has 3 rings (SSSR count). The Morgan fingerprint density at radius 2 is 1.80 bits per heavy atom. The number of ether oxygens (including phenoxy) is 1. The van der Waals surface area contributed by atoms with Crippen LogP contribution in [0.2, 0.25) is 5.02 Å². The third kappa shape index (κ3) is 2.29. The Labute approximate surface area is 121 Å². The molecule has 3 nitrogen and oxygen atoms in total. The van der Waals surface area contributed by atoms with Crippen molar-refractivity contribution in [3.8, 4) is 17.7 Å². The minimum atomic E-state index is 0.441. The number of hydrogen-bond acceptors (Lipinski definition) is 3. The minimum absolute atomic E-state index is 0.441. The highest BCUT2D eigenvalue weighted by atomic mass is 35.5. The van der Waals surface area contributed by atoms with Gasteiger partial charge in [0.15, 0.2) is 0 Å². The summed E-state index contributed by atoms with van der Waals surface area (Å²) in [6.07, 6.45) is 1.48. The highest BCUT2D eigenvalue weighted by molar-refractivity contribution is 6.35. The first-order chi connectivity index (χ1) is 9.78. The predicted molar refractivity (Wildman–Crippen MR) is 78.0 cm³/mol. The van der Waals surface area contributed by atoms with Crippen LogP contribution in [-0.4, -0.2) is 4.98 Å². The van der Waals surface area contributed by atoms with Crippen molar-refractivity contribution in [1.82, 2.24) is 4.98 Å². The standard InChI is InChI=1S/C16H9ClN2O/c17-14-6-7-15(13-4-2-1-3-12(13)14)20-16-8-5-11(9-18)10-19-16/h1-8,10H. The van der Waals surface area contributed by atoms with Crippen LogP contribution in [0.25, 0.3) is 10.8 Å². The smallest absolute Gasteiger partial charge is 0.219 e. The number of nitrogens with zero attached hydrogens (tertiary/aromatic N) is 2. The molecule has 20 heavy (non-hydrogen) atoms. The molecule has 0 spiro atoms. The lowest BCUT2D eigenvalue weighted by molar-refractivity contribution is 0.468. The normalized spacial score (nSPS) is 10.2.